The van der Waals surface area contributed by atoms with E-state index in [2.05, 4.69) is 72.8 Å². The van der Waals surface area contributed by atoms with Gasteiger partial charge in [0.2, 0.25) is 0 Å². The van der Waals surface area contributed by atoms with Crippen molar-refractivity contribution >= 4 is 10.8 Å². The van der Waals surface area contributed by atoms with Crippen LogP contribution in [0.3, 0.4) is 0 Å². The molecule has 0 bridgehead atoms. The molecular formula is C17H14. The normalized spacial score (nSPS) is 10.6. The highest BCUT2D eigenvalue weighted by atomic mass is 14.0. The fraction of sp³-hybridized carbons (Fsp3) is 0.0588. The molecule has 0 heterocycles. The zero-order valence-electron chi connectivity index (χ0n) is 9.64. The summed E-state index contributed by atoms with van der Waals surface area (Å²) in [7, 11) is 0. The van der Waals surface area contributed by atoms with Crippen molar-refractivity contribution in [2.45, 2.75) is 6.42 Å². The summed E-state index contributed by atoms with van der Waals surface area (Å²) in [6.45, 7) is 0. The van der Waals surface area contributed by atoms with E-state index in [-0.39, 0.29) is 0 Å². The molecule has 0 atom stereocenters. The Labute approximate surface area is 102 Å². The van der Waals surface area contributed by atoms with Crippen molar-refractivity contribution in [3.63, 3.8) is 0 Å². The molecule has 0 amide bonds. The maximum atomic E-state index is 2.22. The van der Waals surface area contributed by atoms with Gasteiger partial charge in [-0.15, -0.1) is 0 Å². The van der Waals surface area contributed by atoms with Crippen LogP contribution in [-0.2, 0) is 6.42 Å². The highest BCUT2D eigenvalue weighted by molar-refractivity contribution is 5.85. The molecule has 3 rings (SSSR count). The molecule has 0 nitrogen and oxygen atoms in total. The van der Waals surface area contributed by atoms with Crippen molar-refractivity contribution in [2.24, 2.45) is 0 Å². The van der Waals surface area contributed by atoms with Crippen LogP contribution in [0.15, 0.2) is 72.8 Å². The van der Waals surface area contributed by atoms with Crippen LogP contribution in [0.1, 0.15) is 11.1 Å². The van der Waals surface area contributed by atoms with Gasteiger partial charge in [0.05, 0.1) is 0 Å². The summed E-state index contributed by atoms with van der Waals surface area (Å²) in [6.07, 6.45) is 1.00. The fourth-order valence-corrected chi connectivity index (χ4v) is 2.26. The van der Waals surface area contributed by atoms with Crippen molar-refractivity contribution in [2.75, 3.05) is 0 Å². The standard InChI is InChI=1S/C17H14/c1-2-7-14(8-3-1)13-16-11-6-10-15-9-4-5-12-17(15)16/h1-12H,13H2. The molecular weight excluding hydrogens is 204 g/mol. The van der Waals surface area contributed by atoms with Crippen LogP contribution in [0.2, 0.25) is 0 Å². The monoisotopic (exact) mass is 218 g/mol. The summed E-state index contributed by atoms with van der Waals surface area (Å²) >= 11 is 0. The predicted octanol–water partition coefficient (Wildman–Crippen LogP) is 4.43. The van der Waals surface area contributed by atoms with Gasteiger partial charge in [-0.2, -0.15) is 0 Å². The van der Waals surface area contributed by atoms with Crippen LogP contribution in [0.5, 0.6) is 0 Å². The molecule has 0 radical (unpaired) electrons. The zero-order chi connectivity index (χ0) is 11.5. The van der Waals surface area contributed by atoms with Gasteiger partial charge in [-0.1, -0.05) is 72.8 Å². The quantitative estimate of drug-likeness (QED) is 0.597. The van der Waals surface area contributed by atoms with Gasteiger partial charge in [-0.05, 0) is 28.3 Å². The first-order valence-corrected chi connectivity index (χ1v) is 5.94. The third-order valence-electron chi connectivity index (χ3n) is 3.12. The summed E-state index contributed by atoms with van der Waals surface area (Å²) in [5.41, 5.74) is 2.76. The van der Waals surface area contributed by atoms with E-state index in [1.54, 1.807) is 0 Å². The van der Waals surface area contributed by atoms with Gasteiger partial charge in [0.1, 0.15) is 0 Å². The van der Waals surface area contributed by atoms with Crippen LogP contribution < -0.4 is 0 Å². The molecule has 0 aliphatic rings. The minimum absolute atomic E-state index is 1.00. The Balaban J connectivity index is 2.06. The first kappa shape index (κ1) is 10.1. The predicted molar refractivity (Wildman–Crippen MR) is 73.2 cm³/mol. The molecule has 0 aliphatic carbocycles. The topological polar surface area (TPSA) is 0 Å². The molecule has 0 heteroatoms. The Kier molecular flexibility index (Phi) is 2.63. The number of hydrogen-bond donors (Lipinski definition) is 0. The third-order valence-corrected chi connectivity index (χ3v) is 3.12. The van der Waals surface area contributed by atoms with E-state index in [0.29, 0.717) is 0 Å². The first-order valence-electron chi connectivity index (χ1n) is 5.94. The molecule has 17 heavy (non-hydrogen) atoms. The Bertz CT molecular complexity index is 618. The van der Waals surface area contributed by atoms with Crippen molar-refractivity contribution in [1.29, 1.82) is 0 Å². The van der Waals surface area contributed by atoms with E-state index in [1.807, 2.05) is 0 Å². The first-order chi connectivity index (χ1) is 8.43. The third kappa shape index (κ3) is 2.07. The van der Waals surface area contributed by atoms with E-state index in [1.165, 1.54) is 21.9 Å². The Morgan fingerprint density at radius 3 is 2.18 bits per heavy atom. The summed E-state index contributed by atoms with van der Waals surface area (Å²) in [4.78, 5) is 0. The van der Waals surface area contributed by atoms with Crippen LogP contribution in [0, 0.1) is 0 Å². The second-order valence-corrected chi connectivity index (χ2v) is 4.30. The van der Waals surface area contributed by atoms with Gasteiger partial charge >= 0.3 is 0 Å². The van der Waals surface area contributed by atoms with Crippen molar-refractivity contribution in [3.8, 4) is 0 Å². The van der Waals surface area contributed by atoms with Crippen LogP contribution in [-0.4, -0.2) is 0 Å². The molecule has 0 fully saturated rings. The van der Waals surface area contributed by atoms with Gasteiger partial charge in [-0.25, -0.2) is 0 Å². The molecule has 3 aromatic carbocycles. The summed E-state index contributed by atoms with van der Waals surface area (Å²) in [5.74, 6) is 0. The van der Waals surface area contributed by atoms with E-state index >= 15 is 0 Å². The van der Waals surface area contributed by atoms with Crippen molar-refractivity contribution in [1.82, 2.24) is 0 Å². The molecule has 82 valence electrons. The van der Waals surface area contributed by atoms with Gasteiger partial charge in [0.25, 0.3) is 0 Å². The van der Waals surface area contributed by atoms with Gasteiger partial charge in [0, 0.05) is 0 Å². The van der Waals surface area contributed by atoms with E-state index in [9.17, 15) is 0 Å². The average Bonchev–Trinajstić information content (AvgIpc) is 2.40. The molecule has 0 N–H and O–H groups in total. The Hall–Kier alpha value is -2.08. The van der Waals surface area contributed by atoms with Crippen LogP contribution in [0.25, 0.3) is 10.8 Å². The number of rotatable bonds is 2. The second-order valence-electron chi connectivity index (χ2n) is 4.30. The lowest BCUT2D eigenvalue weighted by Gasteiger charge is -2.06. The maximum Gasteiger partial charge on any atom is -0.00196 e. The van der Waals surface area contributed by atoms with E-state index < -0.39 is 0 Å². The molecule has 0 spiro atoms. The largest absolute Gasteiger partial charge is 0.0622 e. The van der Waals surface area contributed by atoms with E-state index in [0.717, 1.165) is 6.42 Å². The SMILES string of the molecule is c1ccc(Cc2cccc3ccccc23)cc1. The Morgan fingerprint density at radius 1 is 0.588 bits per heavy atom. The van der Waals surface area contributed by atoms with E-state index in [4.69, 9.17) is 0 Å². The van der Waals surface area contributed by atoms with Crippen LogP contribution in [0.4, 0.5) is 0 Å². The molecule has 0 aromatic heterocycles. The van der Waals surface area contributed by atoms with Crippen LogP contribution >= 0.6 is 0 Å². The average molecular weight is 218 g/mol. The van der Waals surface area contributed by atoms with Gasteiger partial charge in [0.15, 0.2) is 0 Å². The molecule has 0 saturated carbocycles. The van der Waals surface area contributed by atoms with Gasteiger partial charge in [-0.3, -0.25) is 0 Å². The molecule has 3 aromatic rings. The molecule has 0 unspecified atom stereocenters. The zero-order valence-corrected chi connectivity index (χ0v) is 9.64. The second kappa shape index (κ2) is 4.42. The number of benzene rings is 3. The van der Waals surface area contributed by atoms with Crippen molar-refractivity contribution in [3.05, 3.63) is 83.9 Å². The lowest BCUT2D eigenvalue weighted by atomic mass is 9.99. The highest BCUT2D eigenvalue weighted by Crippen LogP contribution is 2.21. The maximum absolute atomic E-state index is 2.22. The minimum Gasteiger partial charge on any atom is -0.0622 e. The highest BCUT2D eigenvalue weighted by Gasteiger charge is 2.00. The molecule has 0 aliphatic heterocycles. The van der Waals surface area contributed by atoms with Gasteiger partial charge < -0.3 is 0 Å². The summed E-state index contributed by atoms with van der Waals surface area (Å²) < 4.78 is 0. The summed E-state index contributed by atoms with van der Waals surface area (Å²) in [5, 5.41) is 2.68. The number of hydrogen-bond acceptors (Lipinski definition) is 0. The lowest BCUT2D eigenvalue weighted by molar-refractivity contribution is 1.21. The smallest absolute Gasteiger partial charge is 0.00196 e. The summed E-state index contributed by atoms with van der Waals surface area (Å²) in [6, 6.07) is 25.7. The lowest BCUT2D eigenvalue weighted by Crippen LogP contribution is -1.89. The molecule has 0 saturated heterocycles. The van der Waals surface area contributed by atoms with Crippen molar-refractivity contribution < 1.29 is 0 Å². The number of fused-ring (bicyclic) bond motifs is 1. The fourth-order valence-electron chi connectivity index (χ4n) is 2.26. The minimum atomic E-state index is 1.00. The Morgan fingerprint density at radius 2 is 1.29 bits per heavy atom.